The predicted octanol–water partition coefficient (Wildman–Crippen LogP) is 2.52. The van der Waals surface area contributed by atoms with Gasteiger partial charge in [-0.1, -0.05) is 12.8 Å². The number of benzene rings is 1. The van der Waals surface area contributed by atoms with Crippen LogP contribution in [0.5, 0.6) is 5.75 Å². The van der Waals surface area contributed by atoms with E-state index in [2.05, 4.69) is 5.32 Å². The molecule has 0 aromatic heterocycles. The molecule has 0 aliphatic heterocycles. The number of carbonyl (C=O) groups excluding carboxylic acids is 1. The summed E-state index contributed by atoms with van der Waals surface area (Å²) in [5.41, 5.74) is 0.658. The van der Waals surface area contributed by atoms with E-state index in [9.17, 15) is 14.7 Å². The molecule has 108 valence electrons. The molecule has 0 spiro atoms. The third-order valence-corrected chi connectivity index (χ3v) is 3.78. The van der Waals surface area contributed by atoms with Crippen LogP contribution < -0.4 is 10.1 Å². The molecule has 2 rings (SSSR count). The normalized spacial score (nSPS) is 22.1. The molecule has 1 fully saturated rings. The third-order valence-electron chi connectivity index (χ3n) is 3.78. The Bertz CT molecular complexity index is 483. The van der Waals surface area contributed by atoms with Gasteiger partial charge in [0.2, 0.25) is 5.91 Å². The van der Waals surface area contributed by atoms with Gasteiger partial charge >= 0.3 is 5.97 Å². The minimum Gasteiger partial charge on any atom is -0.497 e. The lowest BCUT2D eigenvalue weighted by molar-refractivity contribution is -0.147. The van der Waals surface area contributed by atoms with Crippen LogP contribution in [-0.4, -0.2) is 24.1 Å². The van der Waals surface area contributed by atoms with Gasteiger partial charge in [0.05, 0.1) is 18.9 Å². The van der Waals surface area contributed by atoms with Crippen molar-refractivity contribution in [2.45, 2.75) is 25.7 Å². The molecule has 1 aromatic rings. The van der Waals surface area contributed by atoms with E-state index < -0.39 is 17.8 Å². The summed E-state index contributed by atoms with van der Waals surface area (Å²) in [7, 11) is 1.58. The van der Waals surface area contributed by atoms with Crippen LogP contribution in [0.3, 0.4) is 0 Å². The Labute approximate surface area is 117 Å². The highest BCUT2D eigenvalue weighted by atomic mass is 16.5. The molecule has 2 atom stereocenters. The van der Waals surface area contributed by atoms with Crippen LogP contribution in [0.1, 0.15) is 25.7 Å². The molecule has 20 heavy (non-hydrogen) atoms. The van der Waals surface area contributed by atoms with Crippen molar-refractivity contribution in [3.63, 3.8) is 0 Å². The van der Waals surface area contributed by atoms with Crippen molar-refractivity contribution in [2.24, 2.45) is 11.8 Å². The number of carboxylic acid groups (broad SMARTS) is 1. The first kappa shape index (κ1) is 14.4. The van der Waals surface area contributed by atoms with E-state index in [-0.39, 0.29) is 5.91 Å². The minimum absolute atomic E-state index is 0.206. The summed E-state index contributed by atoms with van der Waals surface area (Å²) in [6.45, 7) is 0. The zero-order valence-electron chi connectivity index (χ0n) is 11.5. The molecular weight excluding hydrogens is 258 g/mol. The summed E-state index contributed by atoms with van der Waals surface area (Å²) in [6.07, 6.45) is 3.00. The molecule has 0 bridgehead atoms. The molecular formula is C15H19NO4. The van der Waals surface area contributed by atoms with E-state index in [0.29, 0.717) is 24.3 Å². The number of carboxylic acids is 1. The van der Waals surface area contributed by atoms with Gasteiger partial charge < -0.3 is 15.2 Å². The molecule has 1 amide bonds. The summed E-state index contributed by atoms with van der Waals surface area (Å²) < 4.78 is 5.05. The van der Waals surface area contributed by atoms with E-state index in [1.54, 1.807) is 31.4 Å². The Balaban J connectivity index is 2.03. The molecule has 2 N–H and O–H groups in total. The smallest absolute Gasteiger partial charge is 0.307 e. The van der Waals surface area contributed by atoms with Gasteiger partial charge in [0.15, 0.2) is 0 Å². The van der Waals surface area contributed by atoms with E-state index >= 15 is 0 Å². The Morgan fingerprint density at radius 3 is 2.30 bits per heavy atom. The van der Waals surface area contributed by atoms with Gasteiger partial charge in [-0.2, -0.15) is 0 Å². The van der Waals surface area contributed by atoms with Crippen molar-refractivity contribution in [1.82, 2.24) is 0 Å². The monoisotopic (exact) mass is 277 g/mol. The largest absolute Gasteiger partial charge is 0.497 e. The lowest BCUT2D eigenvalue weighted by Crippen LogP contribution is -2.36. The Morgan fingerprint density at radius 2 is 1.75 bits per heavy atom. The van der Waals surface area contributed by atoms with Crippen molar-refractivity contribution >= 4 is 17.6 Å². The number of carbonyl (C=O) groups is 2. The van der Waals surface area contributed by atoms with Crippen molar-refractivity contribution < 1.29 is 19.4 Å². The van der Waals surface area contributed by atoms with Crippen LogP contribution in [0.4, 0.5) is 5.69 Å². The number of anilines is 1. The Hall–Kier alpha value is -2.04. The Kier molecular flexibility index (Phi) is 4.61. The number of hydrogen-bond acceptors (Lipinski definition) is 3. The standard InChI is InChI=1S/C15H19NO4/c1-20-11-8-6-10(7-9-11)16-14(17)12-4-2-3-5-13(12)15(18)19/h6-9,12-13H,2-5H2,1H3,(H,16,17)(H,18,19)/t12-,13+/m1/s1. The molecule has 1 saturated carbocycles. The van der Waals surface area contributed by atoms with Gasteiger partial charge in [-0.3, -0.25) is 9.59 Å². The van der Waals surface area contributed by atoms with Gasteiger partial charge in [-0.25, -0.2) is 0 Å². The van der Waals surface area contributed by atoms with E-state index in [0.717, 1.165) is 12.8 Å². The third kappa shape index (κ3) is 3.29. The lowest BCUT2D eigenvalue weighted by atomic mass is 9.78. The zero-order chi connectivity index (χ0) is 14.5. The molecule has 1 aliphatic rings. The molecule has 0 heterocycles. The fourth-order valence-electron chi connectivity index (χ4n) is 2.65. The van der Waals surface area contributed by atoms with E-state index in [4.69, 9.17) is 4.74 Å². The fourth-order valence-corrected chi connectivity index (χ4v) is 2.65. The van der Waals surface area contributed by atoms with Crippen molar-refractivity contribution in [3.8, 4) is 5.75 Å². The molecule has 0 radical (unpaired) electrons. The highest BCUT2D eigenvalue weighted by Gasteiger charge is 2.35. The first-order valence-electron chi connectivity index (χ1n) is 6.79. The average molecular weight is 277 g/mol. The maximum Gasteiger partial charge on any atom is 0.307 e. The minimum atomic E-state index is -0.875. The molecule has 1 aromatic carbocycles. The van der Waals surface area contributed by atoms with Crippen molar-refractivity contribution in [2.75, 3.05) is 12.4 Å². The van der Waals surface area contributed by atoms with Crippen LogP contribution in [0.2, 0.25) is 0 Å². The number of amides is 1. The second kappa shape index (κ2) is 6.41. The van der Waals surface area contributed by atoms with Crippen LogP contribution in [0.15, 0.2) is 24.3 Å². The summed E-state index contributed by atoms with van der Waals surface area (Å²) in [5.74, 6) is -1.38. The van der Waals surface area contributed by atoms with Crippen LogP contribution in [0, 0.1) is 11.8 Å². The van der Waals surface area contributed by atoms with Crippen LogP contribution >= 0.6 is 0 Å². The van der Waals surface area contributed by atoms with Gasteiger partial charge in [0, 0.05) is 5.69 Å². The van der Waals surface area contributed by atoms with Gasteiger partial charge in [-0.05, 0) is 37.1 Å². The van der Waals surface area contributed by atoms with Gasteiger partial charge in [0.1, 0.15) is 5.75 Å². The highest BCUT2D eigenvalue weighted by Crippen LogP contribution is 2.31. The molecule has 5 nitrogen and oxygen atoms in total. The maximum absolute atomic E-state index is 12.2. The Morgan fingerprint density at radius 1 is 1.15 bits per heavy atom. The zero-order valence-corrected chi connectivity index (χ0v) is 11.5. The number of aliphatic carboxylic acids is 1. The molecule has 0 saturated heterocycles. The van der Waals surface area contributed by atoms with Crippen molar-refractivity contribution in [3.05, 3.63) is 24.3 Å². The predicted molar refractivity (Wildman–Crippen MR) is 74.7 cm³/mol. The molecule has 0 unspecified atom stereocenters. The molecule has 1 aliphatic carbocycles. The fraction of sp³-hybridized carbons (Fsp3) is 0.467. The summed E-state index contributed by atoms with van der Waals surface area (Å²) in [4.78, 5) is 23.4. The average Bonchev–Trinajstić information content (AvgIpc) is 2.48. The SMILES string of the molecule is COc1ccc(NC(=O)[C@@H]2CCCC[C@@H]2C(=O)O)cc1. The number of hydrogen-bond donors (Lipinski definition) is 2. The highest BCUT2D eigenvalue weighted by molar-refractivity contribution is 5.95. The lowest BCUT2D eigenvalue weighted by Gasteiger charge is -2.27. The topological polar surface area (TPSA) is 75.6 Å². The summed E-state index contributed by atoms with van der Waals surface area (Å²) >= 11 is 0. The second-order valence-corrected chi connectivity index (χ2v) is 5.05. The van der Waals surface area contributed by atoms with Crippen LogP contribution in [-0.2, 0) is 9.59 Å². The van der Waals surface area contributed by atoms with Crippen molar-refractivity contribution in [1.29, 1.82) is 0 Å². The van der Waals surface area contributed by atoms with Crippen LogP contribution in [0.25, 0.3) is 0 Å². The number of ether oxygens (including phenoxy) is 1. The number of methoxy groups -OCH3 is 1. The summed E-state index contributed by atoms with van der Waals surface area (Å²) in [5, 5.41) is 12.0. The van der Waals surface area contributed by atoms with Gasteiger partial charge in [0.25, 0.3) is 0 Å². The van der Waals surface area contributed by atoms with E-state index in [1.807, 2.05) is 0 Å². The quantitative estimate of drug-likeness (QED) is 0.886. The number of rotatable bonds is 4. The number of nitrogens with one attached hydrogen (secondary N) is 1. The molecule has 5 heteroatoms. The second-order valence-electron chi connectivity index (χ2n) is 5.05. The van der Waals surface area contributed by atoms with Gasteiger partial charge in [-0.15, -0.1) is 0 Å². The summed E-state index contributed by atoms with van der Waals surface area (Å²) in [6, 6.07) is 7.00. The maximum atomic E-state index is 12.2. The van der Waals surface area contributed by atoms with E-state index in [1.165, 1.54) is 0 Å². The first-order chi connectivity index (χ1) is 9.61. The first-order valence-corrected chi connectivity index (χ1v) is 6.79.